The fourth-order valence-corrected chi connectivity index (χ4v) is 1.32. The summed E-state index contributed by atoms with van der Waals surface area (Å²) in [4.78, 5) is -2.94. The van der Waals surface area contributed by atoms with Crippen molar-refractivity contribution in [3.8, 4) is 0 Å². The molecule has 0 bridgehead atoms. The van der Waals surface area contributed by atoms with Crippen LogP contribution in [0, 0.1) is 0 Å². The first kappa shape index (κ1) is 10.1. The van der Waals surface area contributed by atoms with E-state index in [1.807, 2.05) is 0 Å². The Labute approximate surface area is 74.2 Å². The minimum atomic E-state index is -2.94. The summed E-state index contributed by atoms with van der Waals surface area (Å²) in [6.45, 7) is 0. The van der Waals surface area contributed by atoms with Gasteiger partial charge in [-0.2, -0.15) is 8.78 Å². The van der Waals surface area contributed by atoms with Crippen molar-refractivity contribution in [1.82, 2.24) is 0 Å². The molecule has 0 rings (SSSR count). The third-order valence-corrected chi connectivity index (χ3v) is 2.48. The molecule has 0 unspecified atom stereocenters. The van der Waals surface area contributed by atoms with Crippen molar-refractivity contribution in [2.75, 3.05) is 5.33 Å². The number of rotatable bonds is 3. The van der Waals surface area contributed by atoms with Crippen LogP contribution in [-0.2, 0) is 0 Å². The maximum absolute atomic E-state index is 12.1. The van der Waals surface area contributed by atoms with Gasteiger partial charge in [0.15, 0.2) is 0 Å². The lowest BCUT2D eigenvalue weighted by atomic mass is 10.3. The van der Waals surface area contributed by atoms with Gasteiger partial charge in [0.05, 0.1) is 0 Å². The Morgan fingerprint density at radius 3 is 2.11 bits per heavy atom. The molecule has 0 fully saturated rings. The highest BCUT2D eigenvalue weighted by atomic mass is 79.9. The van der Waals surface area contributed by atoms with E-state index in [4.69, 9.17) is 11.6 Å². The molecular weight excluding hydrogens is 281 g/mol. The Hall–Kier alpha value is 1.11. The summed E-state index contributed by atoms with van der Waals surface area (Å²) in [5.41, 5.74) is 0. The smallest absolute Gasteiger partial charge is 0.192 e. The zero-order chi connectivity index (χ0) is 7.49. The summed E-state index contributed by atoms with van der Waals surface area (Å²) >= 11 is 10.4. The molecule has 0 amide bonds. The van der Waals surface area contributed by atoms with Gasteiger partial charge in [0, 0.05) is 5.33 Å². The molecule has 0 aliphatic rings. The highest BCUT2D eigenvalue weighted by Gasteiger charge is 2.33. The van der Waals surface area contributed by atoms with Crippen molar-refractivity contribution in [1.29, 1.82) is 0 Å². The Morgan fingerprint density at radius 2 is 2.00 bits per heavy atom. The van der Waals surface area contributed by atoms with Crippen LogP contribution in [-0.4, -0.2) is 15.5 Å². The van der Waals surface area contributed by atoms with Crippen LogP contribution < -0.4 is 0 Å². The summed E-state index contributed by atoms with van der Waals surface area (Å²) in [5, 5.41) is -0.639. The second-order valence-electron chi connectivity index (χ2n) is 1.49. The molecule has 0 radical (unpaired) electrons. The lowest BCUT2D eigenvalue weighted by molar-refractivity contribution is 0.108. The molecule has 56 valence electrons. The molecule has 1 atom stereocenters. The van der Waals surface area contributed by atoms with Gasteiger partial charge in [-0.25, -0.2) is 0 Å². The van der Waals surface area contributed by atoms with E-state index in [0.717, 1.165) is 0 Å². The molecule has 0 aromatic rings. The largest absolute Gasteiger partial charge is 0.317 e. The SMILES string of the molecule is FC(F)(Br)[C@@H](Cl)CCBr. The van der Waals surface area contributed by atoms with Gasteiger partial charge < -0.3 is 0 Å². The Morgan fingerprint density at radius 1 is 1.56 bits per heavy atom. The normalized spacial score (nSPS) is 15.7. The Balaban J connectivity index is 3.59. The zero-order valence-electron chi connectivity index (χ0n) is 4.38. The molecule has 9 heavy (non-hydrogen) atoms. The number of hydrogen-bond acceptors (Lipinski definition) is 0. The van der Waals surface area contributed by atoms with Crippen LogP contribution >= 0.6 is 43.5 Å². The van der Waals surface area contributed by atoms with E-state index < -0.39 is 10.2 Å². The van der Waals surface area contributed by atoms with Crippen molar-refractivity contribution in [2.45, 2.75) is 16.6 Å². The third kappa shape index (κ3) is 4.51. The molecule has 0 saturated carbocycles. The van der Waals surface area contributed by atoms with Crippen LogP contribution in [0.5, 0.6) is 0 Å². The standard InChI is InChI=1S/C4H5Br2ClF2/c5-2-1-3(7)4(6,8)9/h3H,1-2H2/t3-/m0/s1. The maximum atomic E-state index is 12.1. The van der Waals surface area contributed by atoms with E-state index in [1.54, 1.807) is 0 Å². The van der Waals surface area contributed by atoms with Gasteiger partial charge in [-0.15, -0.1) is 11.6 Å². The van der Waals surface area contributed by atoms with E-state index in [2.05, 4.69) is 31.9 Å². The molecule has 5 heteroatoms. The minimum absolute atomic E-state index is 0.250. The van der Waals surface area contributed by atoms with Crippen LogP contribution in [0.2, 0.25) is 0 Å². The molecule has 0 N–H and O–H groups in total. The third-order valence-electron chi connectivity index (χ3n) is 0.718. The minimum Gasteiger partial charge on any atom is -0.192 e. The highest BCUT2D eigenvalue weighted by Crippen LogP contribution is 2.32. The van der Waals surface area contributed by atoms with Crippen LogP contribution in [0.3, 0.4) is 0 Å². The van der Waals surface area contributed by atoms with Crippen LogP contribution in [0.1, 0.15) is 6.42 Å². The molecule has 0 aliphatic heterocycles. The maximum Gasteiger partial charge on any atom is 0.317 e. The van der Waals surface area contributed by atoms with Crippen molar-refractivity contribution in [3.05, 3.63) is 0 Å². The topological polar surface area (TPSA) is 0 Å². The van der Waals surface area contributed by atoms with Gasteiger partial charge in [-0.1, -0.05) is 15.9 Å². The highest BCUT2D eigenvalue weighted by molar-refractivity contribution is 9.10. The Bertz CT molecular complexity index is 83.1. The molecule has 0 nitrogen and oxygen atoms in total. The fourth-order valence-electron chi connectivity index (χ4n) is 0.259. The molecule has 0 aromatic heterocycles. The fraction of sp³-hybridized carbons (Fsp3) is 1.00. The monoisotopic (exact) mass is 284 g/mol. The van der Waals surface area contributed by atoms with Crippen molar-refractivity contribution < 1.29 is 8.78 Å². The number of halogens is 5. The van der Waals surface area contributed by atoms with Crippen molar-refractivity contribution in [2.24, 2.45) is 0 Å². The molecule has 0 heterocycles. The first-order valence-electron chi connectivity index (χ1n) is 2.25. The summed E-state index contributed by atoms with van der Waals surface area (Å²) < 4.78 is 24.1. The quantitative estimate of drug-likeness (QED) is 0.698. The van der Waals surface area contributed by atoms with Gasteiger partial charge >= 0.3 is 4.83 Å². The van der Waals surface area contributed by atoms with Crippen LogP contribution in [0.25, 0.3) is 0 Å². The average molecular weight is 286 g/mol. The lowest BCUT2D eigenvalue weighted by Gasteiger charge is -2.12. The van der Waals surface area contributed by atoms with Gasteiger partial charge in [-0.05, 0) is 22.4 Å². The van der Waals surface area contributed by atoms with Gasteiger partial charge in [0.1, 0.15) is 5.38 Å². The first-order chi connectivity index (χ1) is 3.98. The average Bonchev–Trinajstić information content (AvgIpc) is 1.64. The summed E-state index contributed by atoms with van der Waals surface area (Å²) in [5.74, 6) is 0. The molecule has 0 aliphatic carbocycles. The van der Waals surface area contributed by atoms with Crippen LogP contribution in [0.15, 0.2) is 0 Å². The van der Waals surface area contributed by atoms with Gasteiger partial charge in [0.2, 0.25) is 0 Å². The van der Waals surface area contributed by atoms with E-state index in [9.17, 15) is 8.78 Å². The summed E-state index contributed by atoms with van der Waals surface area (Å²) in [6.07, 6.45) is 0.250. The van der Waals surface area contributed by atoms with Gasteiger partial charge in [0.25, 0.3) is 0 Å². The zero-order valence-corrected chi connectivity index (χ0v) is 8.31. The second kappa shape index (κ2) is 4.09. The molecule has 0 saturated heterocycles. The number of alkyl halides is 5. The summed E-state index contributed by atoms with van der Waals surface area (Å²) in [7, 11) is 0. The van der Waals surface area contributed by atoms with E-state index in [-0.39, 0.29) is 6.42 Å². The lowest BCUT2D eigenvalue weighted by Crippen LogP contribution is -2.21. The first-order valence-corrected chi connectivity index (χ1v) is 4.60. The Kier molecular flexibility index (Phi) is 4.59. The van der Waals surface area contributed by atoms with Gasteiger partial charge in [-0.3, -0.25) is 0 Å². The molecule has 0 spiro atoms. The molecular formula is C4H5Br2ClF2. The predicted octanol–water partition coefficient (Wildman–Crippen LogP) is 3.37. The number of hydrogen-bond donors (Lipinski definition) is 0. The van der Waals surface area contributed by atoms with E-state index >= 15 is 0 Å². The van der Waals surface area contributed by atoms with Crippen molar-refractivity contribution in [3.63, 3.8) is 0 Å². The van der Waals surface area contributed by atoms with Crippen LogP contribution in [0.4, 0.5) is 8.78 Å². The van der Waals surface area contributed by atoms with Crippen molar-refractivity contribution >= 4 is 43.5 Å². The summed E-state index contributed by atoms with van der Waals surface area (Å²) in [6, 6.07) is 0. The predicted molar refractivity (Wildman–Crippen MR) is 41.9 cm³/mol. The van der Waals surface area contributed by atoms with E-state index in [0.29, 0.717) is 5.33 Å². The molecule has 0 aromatic carbocycles. The van der Waals surface area contributed by atoms with E-state index in [1.165, 1.54) is 0 Å². The second-order valence-corrected chi connectivity index (χ2v) is 3.86.